The number of benzene rings is 3. The monoisotopic (exact) mass is 438 g/mol. The van der Waals surface area contributed by atoms with Gasteiger partial charge in [0.15, 0.2) is 5.43 Å². The van der Waals surface area contributed by atoms with E-state index in [4.69, 9.17) is 13.9 Å². The normalized spacial score (nSPS) is 10.9. The maximum Gasteiger partial charge on any atom is 0.200 e. The van der Waals surface area contributed by atoms with Gasteiger partial charge in [0.05, 0.1) is 29.4 Å². The quantitative estimate of drug-likeness (QED) is 0.330. The van der Waals surface area contributed by atoms with E-state index in [1.807, 2.05) is 67.7 Å². The SMILES string of the molecule is CCOc1ccc(-c2coc3cc(OCc4cnn(-c5ccccc5)c4)ccc3c2=O)cc1. The predicted octanol–water partition coefficient (Wildman–Crippen LogP) is 5.62. The molecule has 3 aromatic carbocycles. The highest BCUT2D eigenvalue weighted by atomic mass is 16.5. The van der Waals surface area contributed by atoms with Crippen molar-refractivity contribution in [1.29, 1.82) is 0 Å². The zero-order valence-corrected chi connectivity index (χ0v) is 18.1. The Morgan fingerprint density at radius 3 is 2.52 bits per heavy atom. The molecule has 2 aromatic heterocycles. The molecule has 0 radical (unpaired) electrons. The minimum Gasteiger partial charge on any atom is -0.494 e. The standard InChI is InChI=1S/C27H22N2O4/c1-2-31-22-10-8-20(9-11-22)25-18-33-26-14-23(12-13-24(26)27(25)30)32-17-19-15-28-29(16-19)21-6-4-3-5-7-21/h3-16,18H,2,17H2,1H3. The fraction of sp³-hybridized carbons (Fsp3) is 0.111. The van der Waals surface area contributed by atoms with Gasteiger partial charge in [-0.3, -0.25) is 4.79 Å². The molecule has 5 rings (SSSR count). The van der Waals surface area contributed by atoms with E-state index in [0.29, 0.717) is 35.5 Å². The molecule has 6 heteroatoms. The fourth-order valence-electron chi connectivity index (χ4n) is 3.62. The summed E-state index contributed by atoms with van der Waals surface area (Å²) in [6, 6.07) is 22.6. The summed E-state index contributed by atoms with van der Waals surface area (Å²) in [6.45, 7) is 2.88. The minimum absolute atomic E-state index is 0.0869. The molecule has 0 atom stereocenters. The van der Waals surface area contributed by atoms with Gasteiger partial charge in [-0.1, -0.05) is 30.3 Å². The molecule has 0 saturated heterocycles. The molecule has 6 nitrogen and oxygen atoms in total. The molecule has 0 aliphatic rings. The summed E-state index contributed by atoms with van der Waals surface area (Å²) < 4.78 is 19.0. The Morgan fingerprint density at radius 2 is 1.73 bits per heavy atom. The lowest BCUT2D eigenvalue weighted by Crippen LogP contribution is -2.05. The summed E-state index contributed by atoms with van der Waals surface area (Å²) in [5, 5.41) is 4.89. The van der Waals surface area contributed by atoms with E-state index in [9.17, 15) is 4.79 Å². The van der Waals surface area contributed by atoms with Gasteiger partial charge in [-0.05, 0) is 48.9 Å². The topological polar surface area (TPSA) is 66.5 Å². The van der Waals surface area contributed by atoms with Crippen LogP contribution in [0.3, 0.4) is 0 Å². The molecule has 2 heterocycles. The van der Waals surface area contributed by atoms with Crippen molar-refractivity contribution in [2.24, 2.45) is 0 Å². The van der Waals surface area contributed by atoms with Crippen molar-refractivity contribution in [2.45, 2.75) is 13.5 Å². The summed E-state index contributed by atoms with van der Waals surface area (Å²) in [4.78, 5) is 13.0. The maximum absolute atomic E-state index is 13.0. The van der Waals surface area contributed by atoms with Crippen LogP contribution in [-0.2, 0) is 6.61 Å². The number of hydrogen-bond donors (Lipinski definition) is 0. The Labute approximate surface area is 190 Å². The van der Waals surface area contributed by atoms with Crippen molar-refractivity contribution < 1.29 is 13.9 Å². The average molecular weight is 438 g/mol. The molecule has 0 spiro atoms. The van der Waals surface area contributed by atoms with E-state index in [0.717, 1.165) is 22.6 Å². The Kier molecular flexibility index (Phi) is 5.64. The van der Waals surface area contributed by atoms with Gasteiger partial charge in [-0.25, -0.2) is 4.68 Å². The third kappa shape index (κ3) is 4.36. The van der Waals surface area contributed by atoms with Gasteiger partial charge < -0.3 is 13.9 Å². The zero-order valence-electron chi connectivity index (χ0n) is 18.1. The lowest BCUT2D eigenvalue weighted by Gasteiger charge is -2.07. The number of ether oxygens (including phenoxy) is 2. The Balaban J connectivity index is 1.33. The summed E-state index contributed by atoms with van der Waals surface area (Å²) >= 11 is 0. The van der Waals surface area contributed by atoms with Crippen LogP contribution in [0.25, 0.3) is 27.8 Å². The van der Waals surface area contributed by atoms with Crippen LogP contribution in [0.2, 0.25) is 0 Å². The van der Waals surface area contributed by atoms with E-state index in [1.165, 1.54) is 6.26 Å². The van der Waals surface area contributed by atoms with Crippen molar-refractivity contribution in [3.05, 3.63) is 107 Å². The summed E-state index contributed by atoms with van der Waals surface area (Å²) in [6.07, 6.45) is 5.20. The maximum atomic E-state index is 13.0. The highest BCUT2D eigenvalue weighted by molar-refractivity contribution is 5.82. The first-order chi connectivity index (χ1) is 16.2. The van der Waals surface area contributed by atoms with Crippen molar-refractivity contribution in [3.63, 3.8) is 0 Å². The van der Waals surface area contributed by atoms with Crippen molar-refractivity contribution in [2.75, 3.05) is 6.61 Å². The van der Waals surface area contributed by atoms with Gasteiger partial charge in [0, 0.05) is 17.8 Å². The molecule has 0 amide bonds. The molecule has 0 aliphatic carbocycles. The van der Waals surface area contributed by atoms with Gasteiger partial charge in [0.25, 0.3) is 0 Å². The number of fused-ring (bicyclic) bond motifs is 1. The Bertz CT molecular complexity index is 1440. The van der Waals surface area contributed by atoms with Crippen LogP contribution in [0.15, 0.2) is 101 Å². The molecule has 0 N–H and O–H groups in total. The average Bonchev–Trinajstić information content (AvgIpc) is 3.34. The smallest absolute Gasteiger partial charge is 0.200 e. The number of aromatic nitrogens is 2. The van der Waals surface area contributed by atoms with Crippen molar-refractivity contribution in [3.8, 4) is 28.3 Å². The fourth-order valence-corrected chi connectivity index (χ4v) is 3.62. The molecule has 33 heavy (non-hydrogen) atoms. The van der Waals surface area contributed by atoms with Crippen LogP contribution in [0, 0.1) is 0 Å². The first-order valence-electron chi connectivity index (χ1n) is 10.7. The third-order valence-electron chi connectivity index (χ3n) is 5.28. The summed E-state index contributed by atoms with van der Waals surface area (Å²) in [5.41, 5.74) is 3.60. The third-order valence-corrected chi connectivity index (χ3v) is 5.28. The van der Waals surface area contributed by atoms with E-state index in [-0.39, 0.29) is 5.43 Å². The highest BCUT2D eigenvalue weighted by Crippen LogP contribution is 2.25. The number of para-hydroxylation sites is 1. The first-order valence-corrected chi connectivity index (χ1v) is 10.7. The lowest BCUT2D eigenvalue weighted by atomic mass is 10.1. The highest BCUT2D eigenvalue weighted by Gasteiger charge is 2.11. The molecule has 0 aliphatic heterocycles. The second-order valence-corrected chi connectivity index (χ2v) is 7.51. The molecule has 164 valence electrons. The molecular weight excluding hydrogens is 416 g/mol. The molecule has 5 aromatic rings. The largest absolute Gasteiger partial charge is 0.494 e. The predicted molar refractivity (Wildman–Crippen MR) is 127 cm³/mol. The zero-order chi connectivity index (χ0) is 22.6. The number of rotatable bonds is 7. The van der Waals surface area contributed by atoms with E-state index in [2.05, 4.69) is 5.10 Å². The molecular formula is C27H22N2O4. The summed E-state index contributed by atoms with van der Waals surface area (Å²) in [5.74, 6) is 1.38. The van der Waals surface area contributed by atoms with Gasteiger partial charge >= 0.3 is 0 Å². The van der Waals surface area contributed by atoms with Crippen LogP contribution in [0.1, 0.15) is 12.5 Å². The van der Waals surface area contributed by atoms with Crippen molar-refractivity contribution in [1.82, 2.24) is 9.78 Å². The van der Waals surface area contributed by atoms with Crippen LogP contribution >= 0.6 is 0 Å². The van der Waals surface area contributed by atoms with Crippen molar-refractivity contribution >= 4 is 11.0 Å². The second kappa shape index (κ2) is 9.04. The minimum atomic E-state index is -0.0869. The van der Waals surface area contributed by atoms with E-state index in [1.54, 1.807) is 29.1 Å². The number of hydrogen-bond acceptors (Lipinski definition) is 5. The van der Waals surface area contributed by atoms with Gasteiger partial charge in [-0.2, -0.15) is 5.10 Å². The van der Waals surface area contributed by atoms with E-state index < -0.39 is 0 Å². The van der Waals surface area contributed by atoms with Gasteiger partial charge in [0.1, 0.15) is 30.0 Å². The Morgan fingerprint density at radius 1 is 0.939 bits per heavy atom. The molecule has 0 bridgehead atoms. The van der Waals surface area contributed by atoms with Gasteiger partial charge in [-0.15, -0.1) is 0 Å². The van der Waals surface area contributed by atoms with E-state index >= 15 is 0 Å². The van der Waals surface area contributed by atoms with Gasteiger partial charge in [0.2, 0.25) is 0 Å². The summed E-state index contributed by atoms with van der Waals surface area (Å²) in [7, 11) is 0. The second-order valence-electron chi connectivity index (χ2n) is 7.51. The molecule has 0 saturated carbocycles. The molecule has 0 unspecified atom stereocenters. The first kappa shape index (κ1) is 20.6. The molecule has 0 fully saturated rings. The van der Waals surface area contributed by atoms with Crippen LogP contribution in [-0.4, -0.2) is 16.4 Å². The van der Waals surface area contributed by atoms with Crippen LogP contribution in [0.5, 0.6) is 11.5 Å². The lowest BCUT2D eigenvalue weighted by molar-refractivity contribution is 0.306. The van der Waals surface area contributed by atoms with Crippen LogP contribution < -0.4 is 14.9 Å². The van der Waals surface area contributed by atoms with Crippen LogP contribution in [0.4, 0.5) is 0 Å². The number of nitrogens with zero attached hydrogens (tertiary/aromatic N) is 2. The Hall–Kier alpha value is -4.32.